The Labute approximate surface area is 233 Å². The molecule has 0 N–H and O–H groups in total. The van der Waals surface area contributed by atoms with E-state index in [4.69, 9.17) is 0 Å². The van der Waals surface area contributed by atoms with Gasteiger partial charge in [-0.3, -0.25) is 0 Å². The number of fused-ring (bicyclic) bond motifs is 4. The molecule has 0 fully saturated rings. The van der Waals surface area contributed by atoms with E-state index in [-0.39, 0.29) is 6.71 Å². The lowest BCUT2D eigenvalue weighted by atomic mass is 9.27. The first kappa shape index (κ1) is 21.1. The number of nitrogens with zero attached hydrogens (tertiary/aromatic N) is 1. The van der Waals surface area contributed by atoms with E-state index in [9.17, 15) is 0 Å². The van der Waals surface area contributed by atoms with Crippen LogP contribution in [0.2, 0.25) is 0 Å². The monoisotopic (exact) mass is 505 g/mol. The minimum absolute atomic E-state index is 0.238. The van der Waals surface area contributed by atoms with Crippen LogP contribution in [0.25, 0.3) is 27.5 Å². The summed E-state index contributed by atoms with van der Waals surface area (Å²) in [4.78, 5) is 0. The van der Waals surface area contributed by atoms with E-state index in [2.05, 4.69) is 138 Å². The van der Waals surface area contributed by atoms with Crippen molar-refractivity contribution in [1.82, 2.24) is 4.57 Å². The maximum Gasteiger partial charge on any atom is 0.248 e. The molecule has 40 heavy (non-hydrogen) atoms. The highest BCUT2D eigenvalue weighted by Crippen LogP contribution is 2.48. The predicted molar refractivity (Wildman–Crippen MR) is 167 cm³/mol. The minimum Gasteiger partial charge on any atom is -0.310 e. The van der Waals surface area contributed by atoms with Crippen molar-refractivity contribution in [3.8, 4) is 5.69 Å². The van der Waals surface area contributed by atoms with Crippen molar-refractivity contribution in [3.05, 3.63) is 167 Å². The van der Waals surface area contributed by atoms with Crippen molar-refractivity contribution in [3.63, 3.8) is 0 Å². The van der Waals surface area contributed by atoms with E-state index in [1.54, 1.807) is 0 Å². The van der Waals surface area contributed by atoms with Gasteiger partial charge in [0.05, 0.1) is 10.9 Å². The van der Waals surface area contributed by atoms with E-state index in [1.807, 2.05) is 0 Å². The Morgan fingerprint density at radius 3 is 1.93 bits per heavy atom. The molecule has 6 aromatic carbocycles. The van der Waals surface area contributed by atoms with Gasteiger partial charge >= 0.3 is 0 Å². The van der Waals surface area contributed by atoms with Gasteiger partial charge in [0.25, 0.3) is 0 Å². The number of rotatable bonds is 2. The molecule has 2 heteroatoms. The van der Waals surface area contributed by atoms with Crippen molar-refractivity contribution < 1.29 is 0 Å². The Bertz CT molecular complexity index is 2150. The summed E-state index contributed by atoms with van der Waals surface area (Å²) in [5.74, 6) is 0. The lowest BCUT2D eigenvalue weighted by molar-refractivity contribution is 0.748. The number of hydrogen-bond acceptors (Lipinski definition) is 0. The second-order valence-electron chi connectivity index (χ2n) is 11.6. The van der Waals surface area contributed by atoms with Gasteiger partial charge in [0, 0.05) is 22.0 Å². The zero-order valence-corrected chi connectivity index (χ0v) is 21.9. The van der Waals surface area contributed by atoms with Gasteiger partial charge in [-0.2, -0.15) is 0 Å². The number of aromatic nitrogens is 1. The fourth-order valence-electron chi connectivity index (χ4n) is 8.61. The van der Waals surface area contributed by atoms with Gasteiger partial charge < -0.3 is 4.57 Å². The predicted octanol–water partition coefficient (Wildman–Crippen LogP) is 6.21. The zero-order chi connectivity index (χ0) is 26.0. The van der Waals surface area contributed by atoms with Crippen molar-refractivity contribution in [2.45, 2.75) is 11.8 Å². The summed E-state index contributed by atoms with van der Waals surface area (Å²) < 4.78 is 2.58. The van der Waals surface area contributed by atoms with Gasteiger partial charge in [0.15, 0.2) is 0 Å². The quantitative estimate of drug-likeness (QED) is 0.246. The molecule has 3 aliphatic rings. The van der Waals surface area contributed by atoms with Crippen molar-refractivity contribution in [2.24, 2.45) is 0 Å². The average Bonchev–Trinajstić information content (AvgIpc) is 3.37. The molecule has 0 aliphatic carbocycles. The number of para-hydroxylation sites is 1. The van der Waals surface area contributed by atoms with Crippen molar-refractivity contribution in [1.29, 1.82) is 0 Å². The molecule has 0 amide bonds. The molecular formula is C38H24BN. The second-order valence-corrected chi connectivity index (χ2v) is 11.6. The highest BCUT2D eigenvalue weighted by Gasteiger charge is 2.52. The van der Waals surface area contributed by atoms with Crippen LogP contribution in [-0.2, 0) is 11.8 Å². The van der Waals surface area contributed by atoms with E-state index >= 15 is 0 Å². The third-order valence-electron chi connectivity index (χ3n) is 9.96. The summed E-state index contributed by atoms with van der Waals surface area (Å²) in [6, 6.07) is 50.3. The van der Waals surface area contributed by atoms with Gasteiger partial charge in [0.1, 0.15) is 0 Å². The molecule has 1 nitrogen and oxygen atoms in total. The van der Waals surface area contributed by atoms with Crippen LogP contribution in [0.4, 0.5) is 0 Å². The van der Waals surface area contributed by atoms with Crippen LogP contribution in [0.5, 0.6) is 0 Å². The van der Waals surface area contributed by atoms with Crippen LogP contribution in [-0.4, -0.2) is 11.3 Å². The Morgan fingerprint density at radius 1 is 0.500 bits per heavy atom. The molecule has 0 saturated heterocycles. The Morgan fingerprint density at radius 2 is 1.15 bits per heavy atom. The molecule has 1 aromatic heterocycles. The van der Waals surface area contributed by atoms with E-state index in [0.717, 1.165) is 6.42 Å². The fraction of sp³-hybridized carbons (Fsp3) is 0.0526. The molecule has 0 atom stereocenters. The first-order valence-electron chi connectivity index (χ1n) is 14.3. The molecule has 184 valence electrons. The molecule has 0 saturated carbocycles. The summed E-state index contributed by atoms with van der Waals surface area (Å²) in [6.07, 6.45) is 0.976. The standard InChI is InChI=1S/C38H24BN/c1-3-12-26(13-4-1)38(27-14-5-2-6-15-27)30-17-9-11-24-23-25-21-22-29-28-16-7-8-19-32(28)40-33-20-10-18-31(38)36(33)39(34(24)30)35(25)37(29)40/h1-22H,23H2. The van der Waals surface area contributed by atoms with Crippen LogP contribution >= 0.6 is 0 Å². The summed E-state index contributed by atoms with van der Waals surface area (Å²) in [6.45, 7) is 0.238. The van der Waals surface area contributed by atoms with Gasteiger partial charge in [-0.25, -0.2) is 0 Å². The third kappa shape index (κ3) is 2.27. The summed E-state index contributed by atoms with van der Waals surface area (Å²) in [7, 11) is 0. The average molecular weight is 505 g/mol. The normalized spacial score (nSPS) is 15.1. The van der Waals surface area contributed by atoms with Crippen LogP contribution in [0.15, 0.2) is 133 Å². The Kier molecular flexibility index (Phi) is 3.80. The van der Waals surface area contributed by atoms with Crippen LogP contribution in [0.3, 0.4) is 0 Å². The molecule has 4 heterocycles. The highest BCUT2D eigenvalue weighted by molar-refractivity contribution is 7.00. The third-order valence-corrected chi connectivity index (χ3v) is 9.96. The largest absolute Gasteiger partial charge is 0.310 e. The van der Waals surface area contributed by atoms with Crippen LogP contribution in [0.1, 0.15) is 33.4 Å². The van der Waals surface area contributed by atoms with Crippen molar-refractivity contribution in [2.75, 3.05) is 0 Å². The molecule has 0 unspecified atom stereocenters. The summed E-state index contributed by atoms with van der Waals surface area (Å²) in [5, 5.41) is 2.71. The molecule has 10 rings (SSSR count). The smallest absolute Gasteiger partial charge is 0.248 e. The minimum atomic E-state index is -0.401. The van der Waals surface area contributed by atoms with Crippen LogP contribution in [0, 0.1) is 0 Å². The number of hydrogen-bond donors (Lipinski definition) is 0. The first-order valence-corrected chi connectivity index (χ1v) is 14.3. The molecule has 0 bridgehead atoms. The van der Waals surface area contributed by atoms with Crippen LogP contribution < -0.4 is 16.4 Å². The zero-order valence-electron chi connectivity index (χ0n) is 21.9. The lowest BCUT2D eigenvalue weighted by Gasteiger charge is -2.48. The van der Waals surface area contributed by atoms with E-state index in [1.165, 1.54) is 77.3 Å². The maximum absolute atomic E-state index is 2.58. The molecule has 3 aliphatic heterocycles. The summed E-state index contributed by atoms with van der Waals surface area (Å²) in [5.41, 5.74) is 16.6. The van der Waals surface area contributed by atoms with E-state index in [0.29, 0.717) is 0 Å². The highest BCUT2D eigenvalue weighted by atomic mass is 15.0. The molecular weight excluding hydrogens is 481 g/mol. The van der Waals surface area contributed by atoms with Gasteiger partial charge in [-0.05, 0) is 62.9 Å². The second kappa shape index (κ2) is 7.22. The van der Waals surface area contributed by atoms with Crippen molar-refractivity contribution >= 4 is 44.9 Å². The fourth-order valence-corrected chi connectivity index (χ4v) is 8.61. The number of benzene rings is 6. The SMILES string of the molecule is c1ccc(C2(c3ccccc3)c3cccc4c3B3c5c(cccc52)-n2c5ccccc5c5ccc(c3c52)C4)cc1. The maximum atomic E-state index is 2.58. The Hall–Kier alpha value is -4.82. The van der Waals surface area contributed by atoms with Gasteiger partial charge in [0.2, 0.25) is 6.71 Å². The first-order chi connectivity index (χ1) is 19.9. The van der Waals surface area contributed by atoms with E-state index < -0.39 is 5.41 Å². The molecule has 7 aromatic rings. The van der Waals surface area contributed by atoms with Gasteiger partial charge in [-0.1, -0.05) is 127 Å². The molecule has 0 radical (unpaired) electrons. The Balaban J connectivity index is 1.48. The topological polar surface area (TPSA) is 4.93 Å². The summed E-state index contributed by atoms with van der Waals surface area (Å²) >= 11 is 0. The van der Waals surface area contributed by atoms with Gasteiger partial charge in [-0.15, -0.1) is 0 Å². The molecule has 0 spiro atoms. The lowest BCUT2D eigenvalue weighted by Crippen LogP contribution is -2.67.